The van der Waals surface area contributed by atoms with E-state index in [1.807, 2.05) is 0 Å². The van der Waals surface area contributed by atoms with E-state index in [1.165, 1.54) is 7.11 Å². The highest BCUT2D eigenvalue weighted by Gasteiger charge is 2.40. The number of carbonyl (C=O) groups excluding carboxylic acids is 1. The highest BCUT2D eigenvalue weighted by molar-refractivity contribution is 5.70. The summed E-state index contributed by atoms with van der Waals surface area (Å²) in [5, 5.41) is 0. The van der Waals surface area contributed by atoms with E-state index in [0.717, 1.165) is 19.3 Å². The summed E-state index contributed by atoms with van der Waals surface area (Å²) in [6.07, 6.45) is 3.32. The molecule has 0 spiro atoms. The topological polar surface area (TPSA) is 54.0 Å². The molecule has 1 fully saturated rings. The van der Waals surface area contributed by atoms with Gasteiger partial charge in [-0.2, -0.15) is 0 Å². The SMILES string of the molecule is COCCOCCOC1(CC(=O)OC)CCC1. The summed E-state index contributed by atoms with van der Waals surface area (Å²) in [5.74, 6) is -0.204. The number of ether oxygens (including phenoxy) is 4. The summed E-state index contributed by atoms with van der Waals surface area (Å²) in [6, 6.07) is 0. The monoisotopic (exact) mass is 246 g/mol. The molecule has 5 heteroatoms. The second-order valence-corrected chi connectivity index (χ2v) is 4.24. The molecule has 0 aromatic heterocycles. The van der Waals surface area contributed by atoms with Crippen molar-refractivity contribution < 1.29 is 23.7 Å². The molecule has 5 nitrogen and oxygen atoms in total. The maximum Gasteiger partial charge on any atom is 0.308 e. The lowest BCUT2D eigenvalue weighted by Crippen LogP contribution is -2.43. The molecule has 0 amide bonds. The zero-order chi connectivity index (χ0) is 12.6. The highest BCUT2D eigenvalue weighted by Crippen LogP contribution is 2.38. The Balaban J connectivity index is 2.12. The second-order valence-electron chi connectivity index (χ2n) is 4.24. The van der Waals surface area contributed by atoms with Gasteiger partial charge in [0.2, 0.25) is 0 Å². The minimum Gasteiger partial charge on any atom is -0.469 e. The van der Waals surface area contributed by atoms with Crippen LogP contribution >= 0.6 is 0 Å². The molecule has 0 saturated heterocycles. The van der Waals surface area contributed by atoms with Gasteiger partial charge < -0.3 is 18.9 Å². The predicted octanol–water partition coefficient (Wildman–Crippen LogP) is 1.15. The maximum atomic E-state index is 11.2. The van der Waals surface area contributed by atoms with Gasteiger partial charge in [0.15, 0.2) is 0 Å². The van der Waals surface area contributed by atoms with Gasteiger partial charge in [-0.1, -0.05) is 0 Å². The third kappa shape index (κ3) is 5.02. The summed E-state index contributed by atoms with van der Waals surface area (Å²) in [6.45, 7) is 2.21. The van der Waals surface area contributed by atoms with Crippen LogP contribution in [0.15, 0.2) is 0 Å². The van der Waals surface area contributed by atoms with Gasteiger partial charge in [-0.3, -0.25) is 4.79 Å². The molecular weight excluding hydrogens is 224 g/mol. The zero-order valence-electron chi connectivity index (χ0n) is 10.7. The van der Waals surface area contributed by atoms with Gasteiger partial charge in [-0.15, -0.1) is 0 Å². The minimum absolute atomic E-state index is 0.204. The number of hydrogen-bond donors (Lipinski definition) is 0. The predicted molar refractivity (Wildman–Crippen MR) is 61.9 cm³/mol. The van der Waals surface area contributed by atoms with E-state index in [9.17, 15) is 4.79 Å². The average molecular weight is 246 g/mol. The molecule has 0 heterocycles. The molecule has 0 bridgehead atoms. The lowest BCUT2D eigenvalue weighted by atomic mass is 9.77. The summed E-state index contributed by atoms with van der Waals surface area (Å²) in [7, 11) is 3.04. The van der Waals surface area contributed by atoms with E-state index in [1.54, 1.807) is 7.11 Å². The fourth-order valence-electron chi connectivity index (χ4n) is 1.84. The molecule has 0 aliphatic heterocycles. The molecule has 0 aromatic carbocycles. The average Bonchev–Trinajstić information content (AvgIpc) is 2.29. The first kappa shape index (κ1) is 14.4. The first-order valence-electron chi connectivity index (χ1n) is 6.00. The van der Waals surface area contributed by atoms with E-state index in [2.05, 4.69) is 4.74 Å². The van der Waals surface area contributed by atoms with Gasteiger partial charge in [0.25, 0.3) is 0 Å². The lowest BCUT2D eigenvalue weighted by molar-refractivity contribution is -0.160. The maximum absolute atomic E-state index is 11.2. The number of carbonyl (C=O) groups is 1. The van der Waals surface area contributed by atoms with Crippen molar-refractivity contribution in [3.63, 3.8) is 0 Å². The molecule has 1 aliphatic carbocycles. The van der Waals surface area contributed by atoms with Crippen molar-refractivity contribution >= 4 is 5.97 Å². The number of hydrogen-bond acceptors (Lipinski definition) is 5. The van der Waals surface area contributed by atoms with Crippen molar-refractivity contribution in [3.8, 4) is 0 Å². The second kappa shape index (κ2) is 7.63. The summed E-state index contributed by atoms with van der Waals surface area (Å²) in [5.41, 5.74) is -0.294. The van der Waals surface area contributed by atoms with Crippen LogP contribution in [-0.4, -0.2) is 52.2 Å². The van der Waals surface area contributed by atoms with Crippen LogP contribution in [0.5, 0.6) is 0 Å². The van der Waals surface area contributed by atoms with Gasteiger partial charge in [0.1, 0.15) is 0 Å². The third-order valence-corrected chi connectivity index (χ3v) is 3.03. The molecule has 17 heavy (non-hydrogen) atoms. The molecule has 0 atom stereocenters. The molecule has 0 radical (unpaired) electrons. The quantitative estimate of drug-likeness (QED) is 0.451. The Kier molecular flexibility index (Phi) is 6.47. The number of methoxy groups -OCH3 is 2. The summed E-state index contributed by atoms with van der Waals surface area (Å²) in [4.78, 5) is 11.2. The summed E-state index contributed by atoms with van der Waals surface area (Å²) >= 11 is 0. The van der Waals surface area contributed by atoms with E-state index in [4.69, 9.17) is 14.2 Å². The van der Waals surface area contributed by atoms with Crippen LogP contribution in [0.1, 0.15) is 25.7 Å². The Morgan fingerprint density at radius 2 is 1.82 bits per heavy atom. The van der Waals surface area contributed by atoms with Crippen LogP contribution in [0.25, 0.3) is 0 Å². The molecule has 0 aromatic rings. The molecule has 1 rings (SSSR count). The van der Waals surface area contributed by atoms with Crippen molar-refractivity contribution in [1.29, 1.82) is 0 Å². The smallest absolute Gasteiger partial charge is 0.308 e. The minimum atomic E-state index is -0.294. The Morgan fingerprint density at radius 1 is 1.12 bits per heavy atom. The van der Waals surface area contributed by atoms with E-state index in [-0.39, 0.29) is 11.6 Å². The molecule has 0 unspecified atom stereocenters. The highest BCUT2D eigenvalue weighted by atomic mass is 16.6. The standard InChI is InChI=1S/C12H22O5/c1-14-6-7-16-8-9-17-12(4-3-5-12)10-11(13)15-2/h3-10H2,1-2H3. The Labute approximate surface area is 102 Å². The van der Waals surface area contributed by atoms with Crippen LogP contribution in [-0.2, 0) is 23.7 Å². The third-order valence-electron chi connectivity index (χ3n) is 3.03. The van der Waals surface area contributed by atoms with Crippen molar-refractivity contribution in [2.24, 2.45) is 0 Å². The van der Waals surface area contributed by atoms with Crippen molar-refractivity contribution in [1.82, 2.24) is 0 Å². The normalized spacial score (nSPS) is 17.5. The fraction of sp³-hybridized carbons (Fsp3) is 0.917. The van der Waals surface area contributed by atoms with Gasteiger partial charge in [0.05, 0.1) is 45.6 Å². The first-order valence-corrected chi connectivity index (χ1v) is 6.00. The molecule has 100 valence electrons. The Bertz CT molecular complexity index is 225. The van der Waals surface area contributed by atoms with Gasteiger partial charge in [-0.25, -0.2) is 0 Å². The molecule has 0 N–H and O–H groups in total. The fourth-order valence-corrected chi connectivity index (χ4v) is 1.84. The van der Waals surface area contributed by atoms with Crippen LogP contribution in [0.3, 0.4) is 0 Å². The van der Waals surface area contributed by atoms with Crippen LogP contribution in [0.2, 0.25) is 0 Å². The van der Waals surface area contributed by atoms with Crippen molar-refractivity contribution in [2.75, 3.05) is 40.6 Å². The van der Waals surface area contributed by atoms with Crippen LogP contribution in [0, 0.1) is 0 Å². The Morgan fingerprint density at radius 3 is 2.35 bits per heavy atom. The number of esters is 1. The van der Waals surface area contributed by atoms with Gasteiger partial charge in [-0.05, 0) is 19.3 Å². The van der Waals surface area contributed by atoms with Crippen LogP contribution in [0.4, 0.5) is 0 Å². The van der Waals surface area contributed by atoms with E-state index < -0.39 is 0 Å². The van der Waals surface area contributed by atoms with Crippen molar-refractivity contribution in [2.45, 2.75) is 31.3 Å². The van der Waals surface area contributed by atoms with E-state index >= 15 is 0 Å². The van der Waals surface area contributed by atoms with Gasteiger partial charge >= 0.3 is 5.97 Å². The van der Waals surface area contributed by atoms with E-state index in [0.29, 0.717) is 32.8 Å². The van der Waals surface area contributed by atoms with Gasteiger partial charge in [0, 0.05) is 7.11 Å². The summed E-state index contributed by atoms with van der Waals surface area (Å²) < 4.78 is 20.6. The lowest BCUT2D eigenvalue weighted by Gasteiger charge is -2.40. The first-order chi connectivity index (χ1) is 8.22. The molecule has 1 aliphatic rings. The number of rotatable bonds is 9. The Hall–Kier alpha value is -0.650. The van der Waals surface area contributed by atoms with Crippen LogP contribution < -0.4 is 0 Å². The largest absolute Gasteiger partial charge is 0.469 e. The zero-order valence-corrected chi connectivity index (χ0v) is 10.7. The van der Waals surface area contributed by atoms with Crippen molar-refractivity contribution in [3.05, 3.63) is 0 Å². The molecular formula is C12H22O5. The molecule has 1 saturated carbocycles.